The Balaban J connectivity index is 1.41. The Kier molecular flexibility index (Phi) is 6.50. The van der Waals surface area contributed by atoms with Gasteiger partial charge in [-0.1, -0.05) is 48.6 Å². The van der Waals surface area contributed by atoms with E-state index in [9.17, 15) is 18.0 Å². The van der Waals surface area contributed by atoms with Gasteiger partial charge < -0.3 is 20.1 Å². The molecule has 170 valence electrons. The van der Waals surface area contributed by atoms with E-state index in [0.29, 0.717) is 17.2 Å². The van der Waals surface area contributed by atoms with Crippen molar-refractivity contribution in [3.8, 4) is 11.5 Å². The van der Waals surface area contributed by atoms with Gasteiger partial charge in [-0.2, -0.15) is 13.2 Å². The van der Waals surface area contributed by atoms with Gasteiger partial charge in [0.15, 0.2) is 0 Å². The maximum absolute atomic E-state index is 12.9. The van der Waals surface area contributed by atoms with Crippen LogP contribution >= 0.6 is 12.2 Å². The minimum atomic E-state index is -4.46. The third-order valence-corrected chi connectivity index (χ3v) is 5.36. The van der Waals surface area contributed by atoms with Gasteiger partial charge in [0.2, 0.25) is 0 Å². The average molecular weight is 472 g/mol. The van der Waals surface area contributed by atoms with Crippen molar-refractivity contribution in [2.45, 2.75) is 25.2 Å². The van der Waals surface area contributed by atoms with Gasteiger partial charge in [0.05, 0.1) is 11.6 Å². The van der Waals surface area contributed by atoms with Crippen LogP contribution in [0.2, 0.25) is 0 Å². The Bertz CT molecular complexity index is 1170. The van der Waals surface area contributed by atoms with E-state index >= 15 is 0 Å². The summed E-state index contributed by atoms with van der Waals surface area (Å²) in [6, 6.07) is 18.5. The van der Waals surface area contributed by atoms with Crippen LogP contribution in [0.4, 0.5) is 23.7 Å². The molecule has 1 amide bonds. The highest BCUT2D eigenvalue weighted by molar-refractivity contribution is 7.80. The minimum Gasteiger partial charge on any atom is -0.457 e. The van der Waals surface area contributed by atoms with Crippen molar-refractivity contribution in [3.63, 3.8) is 0 Å². The summed E-state index contributed by atoms with van der Waals surface area (Å²) in [6.45, 7) is 0.130. The van der Waals surface area contributed by atoms with E-state index in [1.165, 1.54) is 12.1 Å². The van der Waals surface area contributed by atoms with Crippen LogP contribution in [0.3, 0.4) is 0 Å². The van der Waals surface area contributed by atoms with Crippen LogP contribution < -0.4 is 15.4 Å². The molecule has 4 rings (SSSR count). The molecule has 0 fully saturated rings. The van der Waals surface area contributed by atoms with Crippen molar-refractivity contribution in [1.29, 1.82) is 0 Å². The number of ether oxygens (including phenoxy) is 2. The van der Waals surface area contributed by atoms with E-state index in [-0.39, 0.29) is 12.4 Å². The third-order valence-electron chi connectivity index (χ3n) is 4.98. The Morgan fingerprint density at radius 3 is 2.55 bits per heavy atom. The first-order valence-electron chi connectivity index (χ1n) is 10.0. The number of rotatable bonds is 5. The smallest absolute Gasteiger partial charge is 0.416 e. The van der Waals surface area contributed by atoms with Crippen LogP contribution in [0.5, 0.6) is 11.5 Å². The Labute approximate surface area is 193 Å². The minimum absolute atomic E-state index is 0.0724. The molecule has 0 saturated heterocycles. The fourth-order valence-electron chi connectivity index (χ4n) is 3.35. The maximum atomic E-state index is 12.9. The van der Waals surface area contributed by atoms with Gasteiger partial charge in [-0.25, -0.2) is 4.79 Å². The SMILES string of the molecule is O=C(N[C@H]1Cc2cc(Oc3cccc(C(F)(F)F)c3)ccc2NC1=S)OCc1ccccc1. The van der Waals surface area contributed by atoms with Crippen molar-refractivity contribution in [3.05, 3.63) is 89.5 Å². The molecule has 0 saturated carbocycles. The van der Waals surface area contributed by atoms with Gasteiger partial charge in [0.25, 0.3) is 0 Å². The molecule has 0 aliphatic carbocycles. The van der Waals surface area contributed by atoms with E-state index in [2.05, 4.69) is 10.6 Å². The molecule has 5 nitrogen and oxygen atoms in total. The predicted octanol–water partition coefficient (Wildman–Crippen LogP) is 6.09. The highest BCUT2D eigenvalue weighted by atomic mass is 32.1. The average Bonchev–Trinajstić information content (AvgIpc) is 2.79. The Morgan fingerprint density at radius 2 is 1.79 bits per heavy atom. The summed E-state index contributed by atoms with van der Waals surface area (Å²) in [7, 11) is 0. The van der Waals surface area contributed by atoms with Gasteiger partial charge in [-0.15, -0.1) is 0 Å². The number of anilines is 1. The summed E-state index contributed by atoms with van der Waals surface area (Å²) in [6.07, 6.45) is -4.68. The van der Waals surface area contributed by atoms with Crippen LogP contribution in [0, 0.1) is 0 Å². The maximum Gasteiger partial charge on any atom is 0.416 e. The zero-order valence-electron chi connectivity index (χ0n) is 17.2. The zero-order chi connectivity index (χ0) is 23.4. The van der Waals surface area contributed by atoms with E-state index in [1.807, 2.05) is 30.3 Å². The number of alkyl carbamates (subject to hydrolysis) is 1. The van der Waals surface area contributed by atoms with Crippen molar-refractivity contribution in [2.75, 3.05) is 5.32 Å². The van der Waals surface area contributed by atoms with E-state index < -0.39 is 23.9 Å². The number of alkyl halides is 3. The lowest BCUT2D eigenvalue weighted by Gasteiger charge is -2.27. The molecule has 2 N–H and O–H groups in total. The number of hydrogen-bond donors (Lipinski definition) is 2. The normalized spacial score (nSPS) is 15.2. The molecule has 3 aromatic carbocycles. The summed E-state index contributed by atoms with van der Waals surface area (Å²) in [5.41, 5.74) is 1.61. The van der Waals surface area contributed by atoms with Gasteiger partial charge >= 0.3 is 12.3 Å². The molecule has 33 heavy (non-hydrogen) atoms. The Morgan fingerprint density at radius 1 is 1.03 bits per heavy atom. The van der Waals surface area contributed by atoms with Crippen molar-refractivity contribution in [2.24, 2.45) is 0 Å². The fraction of sp³-hybridized carbons (Fsp3) is 0.167. The molecular formula is C24H19F3N2O3S. The van der Waals surface area contributed by atoms with Crippen LogP contribution in [-0.2, 0) is 23.9 Å². The second-order valence-electron chi connectivity index (χ2n) is 7.40. The molecule has 0 spiro atoms. The molecule has 0 unspecified atom stereocenters. The Hall–Kier alpha value is -3.59. The summed E-state index contributed by atoms with van der Waals surface area (Å²) in [4.78, 5) is 12.7. The van der Waals surface area contributed by atoms with Crippen molar-refractivity contribution >= 4 is 29.0 Å². The number of fused-ring (bicyclic) bond motifs is 1. The topological polar surface area (TPSA) is 59.6 Å². The lowest BCUT2D eigenvalue weighted by Crippen LogP contribution is -2.46. The zero-order valence-corrected chi connectivity index (χ0v) is 18.0. The second kappa shape index (κ2) is 9.50. The number of hydrogen-bond acceptors (Lipinski definition) is 4. The van der Waals surface area contributed by atoms with E-state index in [4.69, 9.17) is 21.7 Å². The van der Waals surface area contributed by atoms with Gasteiger partial charge in [0.1, 0.15) is 23.1 Å². The molecular weight excluding hydrogens is 453 g/mol. The number of amides is 1. The first-order valence-corrected chi connectivity index (χ1v) is 10.4. The molecule has 1 heterocycles. The third kappa shape index (κ3) is 5.81. The number of halogens is 3. The summed E-state index contributed by atoms with van der Waals surface area (Å²) in [5, 5.41) is 5.81. The predicted molar refractivity (Wildman–Crippen MR) is 121 cm³/mol. The molecule has 1 aliphatic rings. The highest BCUT2D eigenvalue weighted by Crippen LogP contribution is 2.34. The number of benzene rings is 3. The lowest BCUT2D eigenvalue weighted by atomic mass is 9.99. The van der Waals surface area contributed by atoms with Crippen LogP contribution in [0.25, 0.3) is 0 Å². The first kappa shape index (κ1) is 22.6. The summed E-state index contributed by atoms with van der Waals surface area (Å²) >= 11 is 5.37. The largest absolute Gasteiger partial charge is 0.457 e. The quantitative estimate of drug-likeness (QED) is 0.440. The number of nitrogens with one attached hydrogen (secondary N) is 2. The van der Waals surface area contributed by atoms with Crippen molar-refractivity contribution in [1.82, 2.24) is 5.32 Å². The number of thiocarbonyl (C=S) groups is 1. The molecule has 1 aliphatic heterocycles. The number of carbonyl (C=O) groups is 1. The van der Waals surface area contributed by atoms with Gasteiger partial charge in [-0.3, -0.25) is 0 Å². The van der Waals surface area contributed by atoms with E-state index in [0.717, 1.165) is 28.9 Å². The molecule has 0 aromatic heterocycles. The molecule has 0 radical (unpaired) electrons. The van der Waals surface area contributed by atoms with Gasteiger partial charge in [-0.05, 0) is 47.5 Å². The molecule has 3 aromatic rings. The standard InChI is InChI=1S/C24H19F3N2O3S/c25-24(26,27)17-7-4-8-18(13-17)32-19-9-10-20-16(11-19)12-21(22(33)28-20)29-23(30)31-14-15-5-2-1-3-6-15/h1-11,13,21H,12,14H2,(H,28,33)(H,29,30)/t21-/m0/s1. The molecule has 9 heteroatoms. The summed E-state index contributed by atoms with van der Waals surface area (Å²) < 4.78 is 49.7. The molecule has 1 atom stereocenters. The van der Waals surface area contributed by atoms with Crippen LogP contribution in [-0.4, -0.2) is 17.1 Å². The van der Waals surface area contributed by atoms with Crippen LogP contribution in [0.1, 0.15) is 16.7 Å². The van der Waals surface area contributed by atoms with Crippen LogP contribution in [0.15, 0.2) is 72.8 Å². The number of carbonyl (C=O) groups excluding carboxylic acids is 1. The second-order valence-corrected chi connectivity index (χ2v) is 7.84. The van der Waals surface area contributed by atoms with Gasteiger partial charge in [0, 0.05) is 12.1 Å². The highest BCUT2D eigenvalue weighted by Gasteiger charge is 2.31. The van der Waals surface area contributed by atoms with E-state index in [1.54, 1.807) is 18.2 Å². The molecule has 0 bridgehead atoms. The monoisotopic (exact) mass is 472 g/mol. The van der Waals surface area contributed by atoms with Crippen molar-refractivity contribution < 1.29 is 27.4 Å². The lowest BCUT2D eigenvalue weighted by molar-refractivity contribution is -0.137. The summed E-state index contributed by atoms with van der Waals surface area (Å²) in [5.74, 6) is 0.441. The first-order chi connectivity index (χ1) is 15.8. The fourth-order valence-corrected chi connectivity index (χ4v) is 3.60.